The molecule has 0 heterocycles. The first-order chi connectivity index (χ1) is 8.31. The zero-order chi connectivity index (χ0) is 12.1. The summed E-state index contributed by atoms with van der Waals surface area (Å²) < 4.78 is 0. The van der Waals surface area contributed by atoms with Gasteiger partial charge in [-0.25, -0.2) is 0 Å². The number of aliphatic hydroxyl groups excluding tert-OH is 1. The molecule has 1 aromatic carbocycles. The molecule has 0 bridgehead atoms. The highest BCUT2D eigenvalue weighted by Gasteiger charge is 2.23. The smallest absolute Gasteiger partial charge is 0.0626 e. The molecule has 1 aliphatic rings. The lowest BCUT2D eigenvalue weighted by Gasteiger charge is -2.33. The van der Waals surface area contributed by atoms with E-state index in [-0.39, 0.29) is 12.6 Å². The lowest BCUT2D eigenvalue weighted by molar-refractivity contribution is 0.197. The zero-order valence-electron chi connectivity index (χ0n) is 10.6. The summed E-state index contributed by atoms with van der Waals surface area (Å²) in [6, 6.07) is 10.9. The Hall–Kier alpha value is -0.860. The molecule has 0 aromatic heterocycles. The maximum Gasteiger partial charge on any atom is 0.0626 e. The van der Waals surface area contributed by atoms with Crippen molar-refractivity contribution in [2.24, 2.45) is 5.92 Å². The molecular formula is C15H23NO. The van der Waals surface area contributed by atoms with Crippen LogP contribution >= 0.6 is 0 Å². The van der Waals surface area contributed by atoms with Crippen LogP contribution in [-0.2, 0) is 0 Å². The average Bonchev–Trinajstić information content (AvgIpc) is 2.39. The van der Waals surface area contributed by atoms with Crippen molar-refractivity contribution < 1.29 is 5.11 Å². The molecule has 1 fully saturated rings. The topological polar surface area (TPSA) is 32.3 Å². The van der Waals surface area contributed by atoms with E-state index in [1.807, 2.05) is 18.2 Å². The molecule has 1 aliphatic carbocycles. The Kier molecular flexibility index (Phi) is 4.57. The first-order valence-corrected chi connectivity index (χ1v) is 6.73. The molecule has 2 rings (SSSR count). The van der Waals surface area contributed by atoms with Crippen LogP contribution in [0.2, 0.25) is 0 Å². The second-order valence-corrected chi connectivity index (χ2v) is 5.18. The Morgan fingerprint density at radius 1 is 1.24 bits per heavy atom. The minimum atomic E-state index is 0.0850. The average molecular weight is 233 g/mol. The molecule has 17 heavy (non-hydrogen) atoms. The summed E-state index contributed by atoms with van der Waals surface area (Å²) in [4.78, 5) is 0. The van der Waals surface area contributed by atoms with Gasteiger partial charge in [0.2, 0.25) is 0 Å². The van der Waals surface area contributed by atoms with Gasteiger partial charge in [0.1, 0.15) is 0 Å². The fourth-order valence-corrected chi connectivity index (χ4v) is 2.76. The van der Waals surface area contributed by atoms with Crippen LogP contribution in [0.1, 0.15) is 44.2 Å². The Balaban J connectivity index is 1.99. The second kappa shape index (κ2) is 6.18. The van der Waals surface area contributed by atoms with Gasteiger partial charge in [-0.3, -0.25) is 0 Å². The third-order valence-corrected chi connectivity index (χ3v) is 3.91. The number of nitrogens with one attached hydrogen (secondary N) is 1. The maximum atomic E-state index is 9.53. The van der Waals surface area contributed by atoms with Gasteiger partial charge in [0.15, 0.2) is 0 Å². The van der Waals surface area contributed by atoms with Gasteiger partial charge in [-0.05, 0) is 24.3 Å². The van der Waals surface area contributed by atoms with Crippen LogP contribution in [0.5, 0.6) is 0 Å². The van der Waals surface area contributed by atoms with E-state index < -0.39 is 0 Å². The first kappa shape index (κ1) is 12.6. The molecule has 1 aromatic rings. The minimum absolute atomic E-state index is 0.0850. The number of benzene rings is 1. The van der Waals surface area contributed by atoms with Crippen LogP contribution in [-0.4, -0.2) is 17.8 Å². The van der Waals surface area contributed by atoms with Crippen molar-refractivity contribution in [3.05, 3.63) is 35.9 Å². The van der Waals surface area contributed by atoms with Crippen LogP contribution in [0.25, 0.3) is 0 Å². The lowest BCUT2D eigenvalue weighted by atomic mass is 9.85. The van der Waals surface area contributed by atoms with Crippen molar-refractivity contribution in [1.82, 2.24) is 5.32 Å². The highest BCUT2D eigenvalue weighted by Crippen LogP contribution is 2.26. The van der Waals surface area contributed by atoms with Gasteiger partial charge in [-0.1, -0.05) is 50.1 Å². The van der Waals surface area contributed by atoms with Crippen molar-refractivity contribution in [2.45, 2.75) is 44.7 Å². The largest absolute Gasteiger partial charge is 0.394 e. The van der Waals surface area contributed by atoms with Gasteiger partial charge in [0.25, 0.3) is 0 Å². The van der Waals surface area contributed by atoms with Crippen LogP contribution in [0, 0.1) is 5.92 Å². The van der Waals surface area contributed by atoms with Gasteiger partial charge in [0, 0.05) is 6.04 Å². The summed E-state index contributed by atoms with van der Waals surface area (Å²) >= 11 is 0. The molecule has 0 spiro atoms. The van der Waals surface area contributed by atoms with E-state index in [1.54, 1.807) is 0 Å². The Morgan fingerprint density at radius 2 is 1.94 bits per heavy atom. The van der Waals surface area contributed by atoms with Crippen molar-refractivity contribution in [3.8, 4) is 0 Å². The van der Waals surface area contributed by atoms with Crippen molar-refractivity contribution in [3.63, 3.8) is 0 Å². The Bertz CT molecular complexity index is 325. The molecule has 94 valence electrons. The van der Waals surface area contributed by atoms with Crippen LogP contribution < -0.4 is 5.32 Å². The number of hydrogen-bond donors (Lipinski definition) is 2. The molecule has 0 saturated heterocycles. The number of rotatable bonds is 4. The molecule has 2 heteroatoms. The molecule has 2 nitrogen and oxygen atoms in total. The lowest BCUT2D eigenvalue weighted by Crippen LogP contribution is -2.40. The molecule has 1 saturated carbocycles. The third kappa shape index (κ3) is 3.30. The predicted molar refractivity (Wildman–Crippen MR) is 70.8 cm³/mol. The molecule has 0 aliphatic heterocycles. The molecule has 0 radical (unpaired) electrons. The van der Waals surface area contributed by atoms with E-state index in [0.717, 1.165) is 5.92 Å². The molecule has 0 amide bonds. The normalized spacial score (nSPS) is 26.7. The van der Waals surface area contributed by atoms with Crippen molar-refractivity contribution in [1.29, 1.82) is 0 Å². The fourth-order valence-electron chi connectivity index (χ4n) is 2.76. The zero-order valence-corrected chi connectivity index (χ0v) is 10.6. The van der Waals surface area contributed by atoms with Gasteiger partial charge in [-0.15, -0.1) is 0 Å². The van der Waals surface area contributed by atoms with Gasteiger partial charge in [0.05, 0.1) is 12.6 Å². The molecule has 2 N–H and O–H groups in total. The van der Waals surface area contributed by atoms with Gasteiger partial charge in [-0.2, -0.15) is 0 Å². The Morgan fingerprint density at radius 3 is 2.59 bits per heavy atom. The monoisotopic (exact) mass is 233 g/mol. The Labute approximate surface area is 104 Å². The number of hydrogen-bond acceptors (Lipinski definition) is 2. The molecule has 2 unspecified atom stereocenters. The van der Waals surface area contributed by atoms with Crippen molar-refractivity contribution >= 4 is 0 Å². The van der Waals surface area contributed by atoms with Crippen LogP contribution in [0.15, 0.2) is 30.3 Å². The minimum Gasteiger partial charge on any atom is -0.394 e. The summed E-state index contributed by atoms with van der Waals surface area (Å²) in [5.74, 6) is 0.724. The highest BCUT2D eigenvalue weighted by molar-refractivity contribution is 5.19. The second-order valence-electron chi connectivity index (χ2n) is 5.18. The molecular weight excluding hydrogens is 210 g/mol. The summed E-state index contributed by atoms with van der Waals surface area (Å²) in [6.07, 6.45) is 5.22. The van der Waals surface area contributed by atoms with E-state index in [2.05, 4.69) is 24.4 Å². The van der Waals surface area contributed by atoms with E-state index in [4.69, 9.17) is 0 Å². The van der Waals surface area contributed by atoms with E-state index in [0.29, 0.717) is 6.04 Å². The molecule has 3 atom stereocenters. The highest BCUT2D eigenvalue weighted by atomic mass is 16.3. The van der Waals surface area contributed by atoms with E-state index in [1.165, 1.54) is 31.2 Å². The predicted octanol–water partition coefficient (Wildman–Crippen LogP) is 2.89. The first-order valence-electron chi connectivity index (χ1n) is 6.73. The van der Waals surface area contributed by atoms with Gasteiger partial charge < -0.3 is 10.4 Å². The quantitative estimate of drug-likeness (QED) is 0.838. The third-order valence-electron chi connectivity index (χ3n) is 3.91. The SMILES string of the molecule is CC1CCCCC1N[C@H](CO)c1ccccc1. The van der Waals surface area contributed by atoms with Crippen LogP contribution in [0.3, 0.4) is 0 Å². The van der Waals surface area contributed by atoms with E-state index in [9.17, 15) is 5.11 Å². The van der Waals surface area contributed by atoms with Crippen molar-refractivity contribution in [2.75, 3.05) is 6.61 Å². The van der Waals surface area contributed by atoms with Crippen LogP contribution in [0.4, 0.5) is 0 Å². The standard InChI is InChI=1S/C15H23NO/c1-12-7-5-6-10-14(12)16-15(11-17)13-8-3-2-4-9-13/h2-4,8-9,12,14-17H,5-7,10-11H2,1H3/t12?,14?,15-/m1/s1. The summed E-state index contributed by atoms with van der Waals surface area (Å²) in [5.41, 5.74) is 1.19. The van der Waals surface area contributed by atoms with E-state index >= 15 is 0 Å². The maximum absolute atomic E-state index is 9.53. The fraction of sp³-hybridized carbons (Fsp3) is 0.600. The summed E-state index contributed by atoms with van der Waals surface area (Å²) in [7, 11) is 0. The number of aliphatic hydroxyl groups is 1. The summed E-state index contributed by atoms with van der Waals surface area (Å²) in [6.45, 7) is 2.49. The summed E-state index contributed by atoms with van der Waals surface area (Å²) in [5, 5.41) is 13.2. The van der Waals surface area contributed by atoms with Gasteiger partial charge >= 0.3 is 0 Å².